The molecule has 3 amide bonds. The maximum atomic E-state index is 12.9. The summed E-state index contributed by atoms with van der Waals surface area (Å²) in [6.07, 6.45) is 1.60. The summed E-state index contributed by atoms with van der Waals surface area (Å²) in [6.45, 7) is 3.44. The van der Waals surface area contributed by atoms with E-state index in [1.165, 1.54) is 0 Å². The van der Waals surface area contributed by atoms with Crippen LogP contribution in [-0.2, 0) is 30.4 Å². The number of nitrogens with two attached hydrogens (primary N) is 1. The van der Waals surface area contributed by atoms with Gasteiger partial charge in [-0.25, -0.2) is 4.79 Å². The second-order valence-electron chi connectivity index (χ2n) is 8.78. The number of amides is 3. The van der Waals surface area contributed by atoms with E-state index in [2.05, 4.69) is 33.6 Å². The minimum atomic E-state index is -1.67. The molecule has 12 nitrogen and oxygen atoms in total. The number of carboxylic acid groups (broad SMARTS) is 2. The molecular weight excluding hydrogens is 502 g/mol. The third kappa shape index (κ3) is 8.22. The number of nitrogens with one attached hydrogen (secondary N) is 4. The van der Waals surface area contributed by atoms with Crippen LogP contribution in [0.2, 0.25) is 0 Å². The zero-order valence-electron chi connectivity index (χ0n) is 20.6. The molecule has 0 bridgehead atoms. The molecule has 0 radical (unpaired) electrons. The van der Waals surface area contributed by atoms with E-state index < -0.39 is 66.2 Å². The maximum Gasteiger partial charge on any atom is 0.326 e. The number of aromatic amines is 1. The highest BCUT2D eigenvalue weighted by Crippen LogP contribution is 2.19. The zero-order valence-corrected chi connectivity index (χ0v) is 21.5. The molecule has 0 saturated carbocycles. The van der Waals surface area contributed by atoms with Gasteiger partial charge in [-0.1, -0.05) is 38.5 Å². The van der Waals surface area contributed by atoms with Gasteiger partial charge in [0.05, 0.1) is 12.5 Å². The predicted molar refractivity (Wildman–Crippen MR) is 139 cm³/mol. The van der Waals surface area contributed by atoms with Crippen LogP contribution in [0.5, 0.6) is 0 Å². The number of carboxylic acids is 2. The molecule has 5 unspecified atom stereocenters. The number of para-hydroxylation sites is 1. The molecule has 0 saturated heterocycles. The van der Waals surface area contributed by atoms with Crippen molar-refractivity contribution in [2.24, 2.45) is 11.7 Å². The second kappa shape index (κ2) is 13.7. The Morgan fingerprint density at radius 3 is 2.24 bits per heavy atom. The first-order valence-corrected chi connectivity index (χ1v) is 12.4. The lowest BCUT2D eigenvalue weighted by atomic mass is 9.97. The van der Waals surface area contributed by atoms with E-state index in [0.29, 0.717) is 6.42 Å². The number of rotatable bonds is 14. The number of fused-ring (bicyclic) bond motifs is 1. The fourth-order valence-corrected chi connectivity index (χ4v) is 3.95. The fourth-order valence-electron chi connectivity index (χ4n) is 3.69. The van der Waals surface area contributed by atoms with Crippen molar-refractivity contribution in [2.75, 3.05) is 5.75 Å². The first-order chi connectivity index (χ1) is 17.5. The van der Waals surface area contributed by atoms with E-state index in [-0.39, 0.29) is 12.2 Å². The fraction of sp³-hybridized carbons (Fsp3) is 0.458. The van der Waals surface area contributed by atoms with Crippen LogP contribution in [0.3, 0.4) is 0 Å². The van der Waals surface area contributed by atoms with Gasteiger partial charge in [0.15, 0.2) is 0 Å². The van der Waals surface area contributed by atoms with Gasteiger partial charge in [0.2, 0.25) is 17.7 Å². The van der Waals surface area contributed by atoms with Gasteiger partial charge in [-0.15, -0.1) is 0 Å². The van der Waals surface area contributed by atoms with Gasteiger partial charge in [-0.3, -0.25) is 19.2 Å². The molecule has 0 fully saturated rings. The first-order valence-electron chi connectivity index (χ1n) is 11.8. The highest BCUT2D eigenvalue weighted by molar-refractivity contribution is 7.80. The third-order valence-electron chi connectivity index (χ3n) is 6.05. The SMILES string of the molecule is CCC(C)C(NC(=O)C(CS)NC(=O)C(N)Cc1c[nH]c2ccccc12)C(=O)NC(CC(=O)O)C(=O)O. The molecule has 0 aliphatic heterocycles. The summed E-state index contributed by atoms with van der Waals surface area (Å²) in [5, 5.41) is 26.3. The normalized spacial score (nSPS) is 15.1. The zero-order chi connectivity index (χ0) is 27.7. The molecule has 2 rings (SSSR count). The lowest BCUT2D eigenvalue weighted by molar-refractivity contribution is -0.147. The number of hydrogen-bond donors (Lipinski definition) is 8. The summed E-state index contributed by atoms with van der Waals surface area (Å²) < 4.78 is 0. The van der Waals surface area contributed by atoms with Gasteiger partial charge < -0.3 is 36.9 Å². The van der Waals surface area contributed by atoms with E-state index in [0.717, 1.165) is 16.5 Å². The summed E-state index contributed by atoms with van der Waals surface area (Å²) in [5.74, 6) is -5.60. The lowest BCUT2D eigenvalue weighted by Gasteiger charge is -2.27. The third-order valence-corrected chi connectivity index (χ3v) is 6.42. The van der Waals surface area contributed by atoms with E-state index in [4.69, 9.17) is 10.8 Å². The minimum Gasteiger partial charge on any atom is -0.481 e. The Bertz CT molecular complexity index is 1140. The highest BCUT2D eigenvalue weighted by atomic mass is 32.1. The summed E-state index contributed by atoms with van der Waals surface area (Å²) in [6, 6.07) is 2.62. The average molecular weight is 536 g/mol. The van der Waals surface area contributed by atoms with Gasteiger partial charge in [0, 0.05) is 22.9 Å². The van der Waals surface area contributed by atoms with Crippen molar-refractivity contribution in [3.8, 4) is 0 Å². The van der Waals surface area contributed by atoms with Crippen molar-refractivity contribution in [2.45, 2.75) is 57.3 Å². The number of carbonyl (C=O) groups is 5. The van der Waals surface area contributed by atoms with E-state index in [1.807, 2.05) is 24.3 Å². The lowest BCUT2D eigenvalue weighted by Crippen LogP contribution is -2.59. The predicted octanol–water partition coefficient (Wildman–Crippen LogP) is 0.0273. The molecular formula is C24H33N5O7S. The van der Waals surface area contributed by atoms with Crippen LogP contribution in [0.25, 0.3) is 10.9 Å². The van der Waals surface area contributed by atoms with Crippen molar-refractivity contribution >= 4 is 53.2 Å². The van der Waals surface area contributed by atoms with Gasteiger partial charge in [-0.05, 0) is 24.0 Å². The van der Waals surface area contributed by atoms with E-state index >= 15 is 0 Å². The van der Waals surface area contributed by atoms with Crippen LogP contribution in [0, 0.1) is 5.92 Å². The highest BCUT2D eigenvalue weighted by Gasteiger charge is 2.33. The van der Waals surface area contributed by atoms with Crippen molar-refractivity contribution in [1.82, 2.24) is 20.9 Å². The van der Waals surface area contributed by atoms with Gasteiger partial charge in [-0.2, -0.15) is 12.6 Å². The number of aromatic nitrogens is 1. The molecule has 0 spiro atoms. The Morgan fingerprint density at radius 2 is 1.65 bits per heavy atom. The number of aliphatic carboxylic acids is 2. The number of carbonyl (C=O) groups excluding carboxylic acids is 3. The molecule has 0 aliphatic carbocycles. The summed E-state index contributed by atoms with van der Waals surface area (Å²) in [7, 11) is 0. The quantitative estimate of drug-likeness (QED) is 0.155. The van der Waals surface area contributed by atoms with Crippen LogP contribution in [0.4, 0.5) is 0 Å². The average Bonchev–Trinajstić information content (AvgIpc) is 3.26. The molecule has 0 aliphatic rings. The summed E-state index contributed by atoms with van der Waals surface area (Å²) >= 11 is 4.14. The Kier molecular flexibility index (Phi) is 10.9. The Balaban J connectivity index is 2.06. The maximum absolute atomic E-state index is 12.9. The van der Waals surface area contributed by atoms with Crippen molar-refractivity contribution in [3.63, 3.8) is 0 Å². The summed E-state index contributed by atoms with van der Waals surface area (Å²) in [5.41, 5.74) is 7.84. The molecule has 5 atom stereocenters. The number of hydrogen-bond acceptors (Lipinski definition) is 7. The minimum absolute atomic E-state index is 0.0943. The number of benzene rings is 1. The number of thiol groups is 1. The summed E-state index contributed by atoms with van der Waals surface area (Å²) in [4.78, 5) is 63.9. The van der Waals surface area contributed by atoms with Crippen molar-refractivity contribution < 1.29 is 34.2 Å². The molecule has 202 valence electrons. The van der Waals surface area contributed by atoms with Gasteiger partial charge in [0.25, 0.3) is 0 Å². The molecule has 8 N–H and O–H groups in total. The largest absolute Gasteiger partial charge is 0.481 e. The van der Waals surface area contributed by atoms with E-state index in [1.54, 1.807) is 20.0 Å². The van der Waals surface area contributed by atoms with Crippen LogP contribution >= 0.6 is 12.6 Å². The molecule has 1 aromatic heterocycles. The van der Waals surface area contributed by atoms with Crippen LogP contribution in [-0.4, -0.2) is 74.8 Å². The van der Waals surface area contributed by atoms with Crippen LogP contribution in [0.15, 0.2) is 30.5 Å². The molecule has 2 aromatic rings. The monoisotopic (exact) mass is 535 g/mol. The second-order valence-corrected chi connectivity index (χ2v) is 9.15. The molecule has 13 heteroatoms. The van der Waals surface area contributed by atoms with Crippen LogP contribution < -0.4 is 21.7 Å². The Hall–Kier alpha value is -3.58. The van der Waals surface area contributed by atoms with Gasteiger partial charge >= 0.3 is 11.9 Å². The smallest absolute Gasteiger partial charge is 0.326 e. The van der Waals surface area contributed by atoms with Crippen LogP contribution in [0.1, 0.15) is 32.3 Å². The Labute approximate surface area is 219 Å². The first kappa shape index (κ1) is 29.6. The number of H-pyrrole nitrogens is 1. The molecule has 1 heterocycles. The topological polar surface area (TPSA) is 204 Å². The molecule has 37 heavy (non-hydrogen) atoms. The molecule has 1 aromatic carbocycles. The standard InChI is InChI=1S/C24H33N5O7S/c1-3-12(2)20(23(34)27-17(24(35)36)9-19(30)31)29-22(33)18(11-37)28-21(32)15(25)8-13-10-26-16-7-5-4-6-14(13)16/h4-7,10,12,15,17-18,20,26,37H,3,8-9,11,25H2,1-2H3,(H,27,34)(H,28,32)(H,29,33)(H,30,31)(H,35,36). The van der Waals surface area contributed by atoms with Crippen molar-refractivity contribution in [3.05, 3.63) is 36.0 Å². The van der Waals surface area contributed by atoms with E-state index in [9.17, 15) is 29.1 Å². The Morgan fingerprint density at radius 1 is 1.00 bits per heavy atom. The van der Waals surface area contributed by atoms with Crippen molar-refractivity contribution in [1.29, 1.82) is 0 Å². The van der Waals surface area contributed by atoms with Gasteiger partial charge in [0.1, 0.15) is 18.1 Å².